The molecule has 0 atom stereocenters. The Kier molecular flexibility index (Phi) is 7.93. The van der Waals surface area contributed by atoms with Gasteiger partial charge in [0.15, 0.2) is 0 Å². The molecule has 2 aromatic carbocycles. The summed E-state index contributed by atoms with van der Waals surface area (Å²) < 4.78 is 57.6. The van der Waals surface area contributed by atoms with Gasteiger partial charge in [0.25, 0.3) is 5.56 Å². The van der Waals surface area contributed by atoms with Crippen LogP contribution in [0.3, 0.4) is 0 Å². The van der Waals surface area contributed by atoms with E-state index in [2.05, 4.69) is 10.3 Å². The van der Waals surface area contributed by atoms with Crippen molar-refractivity contribution in [3.8, 4) is 6.07 Å². The van der Waals surface area contributed by atoms with E-state index in [0.717, 1.165) is 27.3 Å². The van der Waals surface area contributed by atoms with Gasteiger partial charge < -0.3 is 5.32 Å². The van der Waals surface area contributed by atoms with Crippen LogP contribution in [0.25, 0.3) is 10.9 Å². The van der Waals surface area contributed by atoms with Crippen LogP contribution in [0.2, 0.25) is 0 Å². The zero-order valence-electron chi connectivity index (χ0n) is 22.2. The van der Waals surface area contributed by atoms with Crippen LogP contribution in [0.1, 0.15) is 42.4 Å². The molecule has 42 heavy (non-hydrogen) atoms. The Balaban J connectivity index is 1.45. The SMILES string of the molecule is N#Cc1c(Cn2c(=O)n(CC3CCC(C(=O)Nc4ccncc4)CC3)c(=O)c3c(F)cccc32)cccc1C(F)(F)F. The Morgan fingerprint density at radius 2 is 1.69 bits per heavy atom. The third-order valence-corrected chi connectivity index (χ3v) is 7.71. The molecule has 0 unspecified atom stereocenters. The van der Waals surface area contributed by atoms with Gasteiger partial charge in [-0.15, -0.1) is 0 Å². The maximum absolute atomic E-state index is 15.0. The Morgan fingerprint density at radius 3 is 2.36 bits per heavy atom. The standard InChI is InChI=1S/C30H25F4N5O3/c31-24-5-2-6-25-26(24)28(41)39(16-18-7-9-19(10-8-18)27(40)37-21-11-13-36-14-12-21)29(42)38(25)17-20-3-1-4-23(22(20)15-35)30(32,33)34/h1-6,11-14,18-19H,7-10,16-17H2,(H,36,37,40). The lowest BCUT2D eigenvalue weighted by Crippen LogP contribution is -2.42. The molecule has 1 fully saturated rings. The van der Waals surface area contributed by atoms with Gasteiger partial charge in [-0.1, -0.05) is 18.2 Å². The number of nitrogens with zero attached hydrogens (tertiary/aromatic N) is 4. The van der Waals surface area contributed by atoms with Crippen LogP contribution in [0.5, 0.6) is 0 Å². The number of nitrogens with one attached hydrogen (secondary N) is 1. The first-order chi connectivity index (χ1) is 20.1. The Labute approximate surface area is 236 Å². The van der Waals surface area contributed by atoms with Gasteiger partial charge in [-0.05, 0) is 67.5 Å². The van der Waals surface area contributed by atoms with E-state index in [4.69, 9.17) is 0 Å². The number of amides is 1. The molecule has 8 nitrogen and oxygen atoms in total. The van der Waals surface area contributed by atoms with E-state index in [1.54, 1.807) is 30.6 Å². The lowest BCUT2D eigenvalue weighted by molar-refractivity contribution is -0.137. The summed E-state index contributed by atoms with van der Waals surface area (Å²) in [6.07, 6.45) is 0.427. The molecule has 0 aliphatic heterocycles. The van der Waals surface area contributed by atoms with Crippen molar-refractivity contribution in [3.05, 3.63) is 104 Å². The molecule has 1 amide bonds. The summed E-state index contributed by atoms with van der Waals surface area (Å²) in [4.78, 5) is 43.7. The number of pyridine rings is 1. The first-order valence-electron chi connectivity index (χ1n) is 13.3. The fraction of sp³-hybridized carbons (Fsp3) is 0.300. The van der Waals surface area contributed by atoms with Gasteiger partial charge in [0.05, 0.1) is 28.6 Å². The van der Waals surface area contributed by atoms with E-state index in [-0.39, 0.29) is 40.8 Å². The van der Waals surface area contributed by atoms with Gasteiger partial charge in [0, 0.05) is 30.5 Å². The molecule has 0 spiro atoms. The highest BCUT2D eigenvalue weighted by molar-refractivity contribution is 5.92. The van der Waals surface area contributed by atoms with Crippen LogP contribution < -0.4 is 16.6 Å². The number of hydrogen-bond acceptors (Lipinski definition) is 5. The van der Waals surface area contributed by atoms with Gasteiger partial charge in [-0.2, -0.15) is 18.4 Å². The van der Waals surface area contributed by atoms with Crippen molar-refractivity contribution in [2.24, 2.45) is 11.8 Å². The molecule has 0 radical (unpaired) electrons. The van der Waals surface area contributed by atoms with Crippen molar-refractivity contribution in [1.29, 1.82) is 5.26 Å². The van der Waals surface area contributed by atoms with E-state index >= 15 is 0 Å². The molecule has 1 aliphatic carbocycles. The molecule has 0 bridgehead atoms. The van der Waals surface area contributed by atoms with Crippen molar-refractivity contribution in [1.82, 2.24) is 14.1 Å². The van der Waals surface area contributed by atoms with E-state index < -0.39 is 40.9 Å². The monoisotopic (exact) mass is 579 g/mol. The number of benzene rings is 2. The number of aromatic nitrogens is 3. The number of hydrogen-bond donors (Lipinski definition) is 1. The predicted octanol–water partition coefficient (Wildman–Crippen LogP) is 5.08. The minimum Gasteiger partial charge on any atom is -0.326 e. The summed E-state index contributed by atoms with van der Waals surface area (Å²) >= 11 is 0. The van der Waals surface area contributed by atoms with Crippen LogP contribution in [-0.4, -0.2) is 20.0 Å². The second kappa shape index (κ2) is 11.6. The lowest BCUT2D eigenvalue weighted by Gasteiger charge is -2.28. The summed E-state index contributed by atoms with van der Waals surface area (Å²) in [5.41, 5.74) is -3.01. The predicted molar refractivity (Wildman–Crippen MR) is 146 cm³/mol. The number of fused-ring (bicyclic) bond motifs is 1. The summed E-state index contributed by atoms with van der Waals surface area (Å²) in [5.74, 6) is -1.44. The molecular weight excluding hydrogens is 554 g/mol. The van der Waals surface area contributed by atoms with E-state index in [1.165, 1.54) is 18.2 Å². The maximum atomic E-state index is 15.0. The van der Waals surface area contributed by atoms with Crippen LogP contribution in [0.4, 0.5) is 23.2 Å². The third-order valence-electron chi connectivity index (χ3n) is 7.71. The average molecular weight is 580 g/mol. The molecule has 12 heteroatoms. The van der Waals surface area contributed by atoms with Gasteiger partial charge in [0.1, 0.15) is 11.9 Å². The quantitative estimate of drug-likeness (QED) is 0.321. The summed E-state index contributed by atoms with van der Waals surface area (Å²) in [7, 11) is 0. The van der Waals surface area contributed by atoms with Gasteiger partial charge in [0.2, 0.25) is 5.91 Å². The molecule has 1 aliphatic rings. The molecule has 1 saturated carbocycles. The normalized spacial score (nSPS) is 17.1. The molecule has 2 heterocycles. The zero-order valence-corrected chi connectivity index (χ0v) is 22.2. The van der Waals surface area contributed by atoms with Crippen molar-refractivity contribution in [2.45, 2.75) is 44.9 Å². The van der Waals surface area contributed by atoms with Crippen LogP contribution in [0.15, 0.2) is 70.5 Å². The molecule has 0 saturated heterocycles. The fourth-order valence-corrected chi connectivity index (χ4v) is 5.55. The number of rotatable bonds is 6. The number of carbonyl (C=O) groups excluding carboxylic acids is 1. The lowest BCUT2D eigenvalue weighted by atomic mass is 9.81. The summed E-state index contributed by atoms with van der Waals surface area (Å²) in [6, 6.07) is 11.8. The van der Waals surface area contributed by atoms with Crippen molar-refractivity contribution < 1.29 is 22.4 Å². The first kappa shape index (κ1) is 28.7. The van der Waals surface area contributed by atoms with E-state index in [9.17, 15) is 37.2 Å². The molecule has 2 aromatic heterocycles. The highest BCUT2D eigenvalue weighted by Gasteiger charge is 2.34. The zero-order chi connectivity index (χ0) is 30.0. The number of halogens is 4. The second-order valence-electron chi connectivity index (χ2n) is 10.3. The number of carbonyl (C=O) groups is 1. The van der Waals surface area contributed by atoms with Crippen LogP contribution >= 0.6 is 0 Å². The number of anilines is 1. The maximum Gasteiger partial charge on any atom is 0.417 e. The highest BCUT2D eigenvalue weighted by atomic mass is 19.4. The molecule has 216 valence electrons. The topological polar surface area (TPSA) is 110 Å². The Bertz CT molecular complexity index is 1800. The minimum atomic E-state index is -4.80. The number of alkyl halides is 3. The van der Waals surface area contributed by atoms with Crippen molar-refractivity contribution in [3.63, 3.8) is 0 Å². The Hall–Kier alpha value is -4.79. The summed E-state index contributed by atoms with van der Waals surface area (Å²) in [5, 5.41) is 12.0. The van der Waals surface area contributed by atoms with E-state index in [0.29, 0.717) is 31.4 Å². The van der Waals surface area contributed by atoms with Crippen LogP contribution in [-0.2, 0) is 24.1 Å². The van der Waals surface area contributed by atoms with Gasteiger partial charge in [-0.3, -0.25) is 23.7 Å². The fourth-order valence-electron chi connectivity index (χ4n) is 5.55. The molecule has 4 aromatic rings. The van der Waals surface area contributed by atoms with Gasteiger partial charge in [-0.25, -0.2) is 9.18 Å². The molecular formula is C30H25F4N5O3. The molecule has 5 rings (SSSR count). The van der Waals surface area contributed by atoms with Crippen molar-refractivity contribution in [2.75, 3.05) is 5.32 Å². The first-order valence-corrected chi connectivity index (χ1v) is 13.3. The van der Waals surface area contributed by atoms with Gasteiger partial charge >= 0.3 is 11.9 Å². The second-order valence-corrected chi connectivity index (χ2v) is 10.3. The Morgan fingerprint density at radius 1 is 1.00 bits per heavy atom. The highest BCUT2D eigenvalue weighted by Crippen LogP contribution is 2.34. The van der Waals surface area contributed by atoms with Crippen LogP contribution in [0, 0.1) is 29.0 Å². The average Bonchev–Trinajstić information content (AvgIpc) is 2.97. The smallest absolute Gasteiger partial charge is 0.326 e. The largest absolute Gasteiger partial charge is 0.417 e. The van der Waals surface area contributed by atoms with Crippen molar-refractivity contribution >= 4 is 22.5 Å². The third kappa shape index (κ3) is 5.68. The minimum absolute atomic E-state index is 0.0473. The molecule has 1 N–H and O–H groups in total. The summed E-state index contributed by atoms with van der Waals surface area (Å²) in [6.45, 7) is -0.526. The van der Waals surface area contributed by atoms with E-state index in [1.807, 2.05) is 0 Å². The number of nitriles is 1.